The molecule has 0 N–H and O–H groups in total. The second-order valence-corrected chi connectivity index (χ2v) is 4.87. The van der Waals surface area contributed by atoms with Gasteiger partial charge in [-0.25, -0.2) is 0 Å². The third kappa shape index (κ3) is 2.99. The number of aromatic nitrogens is 2. The van der Waals surface area contributed by atoms with E-state index in [0.717, 1.165) is 50.4 Å². The van der Waals surface area contributed by atoms with E-state index >= 15 is 0 Å². The van der Waals surface area contributed by atoms with E-state index in [1.54, 1.807) is 0 Å². The normalized spacial score (nSPS) is 17.0. The van der Waals surface area contributed by atoms with Crippen LogP contribution in [0.3, 0.4) is 0 Å². The van der Waals surface area contributed by atoms with Crippen LogP contribution in [0.15, 0.2) is 6.07 Å². The smallest absolute Gasteiger partial charge is 0.181 e. The Kier molecular flexibility index (Phi) is 4.53. The van der Waals surface area contributed by atoms with Crippen molar-refractivity contribution >= 4 is 5.78 Å². The molecule has 4 nitrogen and oxygen atoms in total. The quantitative estimate of drug-likeness (QED) is 0.754. The van der Waals surface area contributed by atoms with Gasteiger partial charge in [0.1, 0.15) is 5.69 Å². The van der Waals surface area contributed by atoms with Crippen molar-refractivity contribution in [2.45, 2.75) is 46.1 Å². The summed E-state index contributed by atoms with van der Waals surface area (Å²) in [6, 6.07) is 1.95. The van der Waals surface area contributed by atoms with Crippen molar-refractivity contribution in [2.24, 2.45) is 5.92 Å². The van der Waals surface area contributed by atoms with Crippen LogP contribution in [0.4, 0.5) is 0 Å². The van der Waals surface area contributed by atoms with E-state index in [9.17, 15) is 4.79 Å². The summed E-state index contributed by atoms with van der Waals surface area (Å²) in [6.45, 7) is 6.44. The van der Waals surface area contributed by atoms with Gasteiger partial charge in [0.05, 0.1) is 5.69 Å². The molecule has 0 aromatic carbocycles. The molecule has 1 fully saturated rings. The minimum atomic E-state index is 0.232. The van der Waals surface area contributed by atoms with Crippen LogP contribution in [0, 0.1) is 5.92 Å². The third-order valence-corrected chi connectivity index (χ3v) is 3.59. The average molecular weight is 250 g/mol. The van der Waals surface area contributed by atoms with Crippen LogP contribution in [0.25, 0.3) is 0 Å². The maximum absolute atomic E-state index is 12.3. The standard InChI is InChI=1S/C14H22N2O2/c1-3-12-10-13(16(4-2)15-12)14(17)9-11-5-7-18-8-6-11/h10-11H,3-9H2,1-2H3. The third-order valence-electron chi connectivity index (χ3n) is 3.59. The Morgan fingerprint density at radius 1 is 1.44 bits per heavy atom. The fourth-order valence-electron chi connectivity index (χ4n) is 2.43. The first-order valence-electron chi connectivity index (χ1n) is 6.92. The lowest BCUT2D eigenvalue weighted by Crippen LogP contribution is -2.20. The van der Waals surface area contributed by atoms with Crippen LogP contribution in [0.2, 0.25) is 0 Å². The second-order valence-electron chi connectivity index (χ2n) is 4.87. The summed E-state index contributed by atoms with van der Waals surface area (Å²) >= 11 is 0. The lowest BCUT2D eigenvalue weighted by Gasteiger charge is -2.21. The summed E-state index contributed by atoms with van der Waals surface area (Å²) in [7, 11) is 0. The molecule has 0 saturated carbocycles. The topological polar surface area (TPSA) is 44.1 Å². The highest BCUT2D eigenvalue weighted by Crippen LogP contribution is 2.21. The molecule has 0 aliphatic carbocycles. The van der Waals surface area contributed by atoms with Gasteiger partial charge < -0.3 is 4.74 Å². The van der Waals surface area contributed by atoms with Gasteiger partial charge in [0.15, 0.2) is 5.78 Å². The first-order chi connectivity index (χ1) is 8.74. The van der Waals surface area contributed by atoms with E-state index in [1.807, 2.05) is 17.7 Å². The van der Waals surface area contributed by atoms with Crippen molar-refractivity contribution in [1.82, 2.24) is 9.78 Å². The molecule has 1 aliphatic heterocycles. The molecule has 1 aromatic rings. The Bertz CT molecular complexity index is 406. The van der Waals surface area contributed by atoms with Gasteiger partial charge in [-0.2, -0.15) is 5.10 Å². The molecular weight excluding hydrogens is 228 g/mol. The molecule has 2 rings (SSSR count). The largest absolute Gasteiger partial charge is 0.381 e. The zero-order chi connectivity index (χ0) is 13.0. The molecule has 4 heteroatoms. The zero-order valence-electron chi connectivity index (χ0n) is 11.3. The number of aryl methyl sites for hydroxylation is 2. The summed E-state index contributed by atoms with van der Waals surface area (Å²) in [5.41, 5.74) is 1.79. The summed E-state index contributed by atoms with van der Waals surface area (Å²) in [5, 5.41) is 4.43. The lowest BCUT2D eigenvalue weighted by atomic mass is 9.93. The maximum Gasteiger partial charge on any atom is 0.181 e. The molecule has 2 heterocycles. The van der Waals surface area contributed by atoms with E-state index in [1.165, 1.54) is 0 Å². The Morgan fingerprint density at radius 2 is 2.17 bits per heavy atom. The fraction of sp³-hybridized carbons (Fsp3) is 0.714. The molecular formula is C14H22N2O2. The highest BCUT2D eigenvalue weighted by Gasteiger charge is 2.21. The van der Waals surface area contributed by atoms with Crippen LogP contribution >= 0.6 is 0 Å². The number of Topliss-reactive ketones (excluding diaryl/α,β-unsaturated/α-hetero) is 1. The zero-order valence-corrected chi connectivity index (χ0v) is 11.3. The van der Waals surface area contributed by atoms with Crippen LogP contribution in [0.5, 0.6) is 0 Å². The summed E-state index contributed by atoms with van der Waals surface area (Å²) in [4.78, 5) is 12.3. The maximum atomic E-state index is 12.3. The molecule has 0 amide bonds. The molecule has 100 valence electrons. The van der Waals surface area contributed by atoms with Gasteiger partial charge in [0.25, 0.3) is 0 Å². The van der Waals surface area contributed by atoms with Crippen LogP contribution in [-0.2, 0) is 17.7 Å². The molecule has 1 aliphatic rings. The molecule has 1 saturated heterocycles. The Hall–Kier alpha value is -1.16. The number of hydrogen-bond donors (Lipinski definition) is 0. The van der Waals surface area contributed by atoms with Gasteiger partial charge in [-0.15, -0.1) is 0 Å². The first-order valence-corrected chi connectivity index (χ1v) is 6.92. The molecule has 0 unspecified atom stereocenters. The number of rotatable bonds is 5. The predicted molar refractivity (Wildman–Crippen MR) is 69.8 cm³/mol. The van der Waals surface area contributed by atoms with E-state index < -0.39 is 0 Å². The summed E-state index contributed by atoms with van der Waals surface area (Å²) in [5.74, 6) is 0.715. The molecule has 0 atom stereocenters. The number of nitrogens with zero attached hydrogens (tertiary/aromatic N) is 2. The van der Waals surface area contributed by atoms with Crippen LogP contribution in [0.1, 0.15) is 49.3 Å². The number of hydrogen-bond acceptors (Lipinski definition) is 3. The van der Waals surface area contributed by atoms with Gasteiger partial charge in [0.2, 0.25) is 0 Å². The summed E-state index contributed by atoms with van der Waals surface area (Å²) < 4.78 is 7.16. The van der Waals surface area contributed by atoms with Gasteiger partial charge in [-0.1, -0.05) is 6.92 Å². The minimum absolute atomic E-state index is 0.232. The number of carbonyl (C=O) groups excluding carboxylic acids is 1. The minimum Gasteiger partial charge on any atom is -0.381 e. The van der Waals surface area contributed by atoms with Crippen molar-refractivity contribution in [2.75, 3.05) is 13.2 Å². The van der Waals surface area contributed by atoms with Crippen molar-refractivity contribution < 1.29 is 9.53 Å². The summed E-state index contributed by atoms with van der Waals surface area (Å²) in [6.07, 6.45) is 3.53. The van der Waals surface area contributed by atoms with Crippen molar-refractivity contribution in [3.63, 3.8) is 0 Å². The molecule has 0 spiro atoms. The van der Waals surface area contributed by atoms with Crippen molar-refractivity contribution in [3.8, 4) is 0 Å². The Labute approximate surface area is 108 Å². The Morgan fingerprint density at radius 3 is 2.78 bits per heavy atom. The fourth-order valence-corrected chi connectivity index (χ4v) is 2.43. The monoisotopic (exact) mass is 250 g/mol. The number of ketones is 1. The lowest BCUT2D eigenvalue weighted by molar-refractivity contribution is 0.0598. The predicted octanol–water partition coefficient (Wildman–Crippen LogP) is 2.46. The van der Waals surface area contributed by atoms with Crippen LogP contribution in [-0.4, -0.2) is 28.8 Å². The van der Waals surface area contributed by atoms with Gasteiger partial charge in [0, 0.05) is 26.2 Å². The average Bonchev–Trinajstić information content (AvgIpc) is 2.83. The first kappa shape index (κ1) is 13.3. The van der Waals surface area contributed by atoms with Crippen LogP contribution < -0.4 is 0 Å². The van der Waals surface area contributed by atoms with Gasteiger partial charge in [-0.3, -0.25) is 9.48 Å². The number of carbonyl (C=O) groups is 1. The molecule has 0 radical (unpaired) electrons. The van der Waals surface area contributed by atoms with Gasteiger partial charge in [-0.05, 0) is 38.2 Å². The second kappa shape index (κ2) is 6.14. The van der Waals surface area contributed by atoms with Crippen molar-refractivity contribution in [3.05, 3.63) is 17.5 Å². The molecule has 1 aromatic heterocycles. The number of ether oxygens (including phenoxy) is 1. The molecule has 0 bridgehead atoms. The Balaban J connectivity index is 2.05. The molecule has 18 heavy (non-hydrogen) atoms. The van der Waals surface area contributed by atoms with Gasteiger partial charge >= 0.3 is 0 Å². The van der Waals surface area contributed by atoms with E-state index in [2.05, 4.69) is 12.0 Å². The van der Waals surface area contributed by atoms with Crippen molar-refractivity contribution in [1.29, 1.82) is 0 Å². The highest BCUT2D eigenvalue weighted by molar-refractivity contribution is 5.94. The SMILES string of the molecule is CCc1cc(C(=O)CC2CCOCC2)n(CC)n1. The highest BCUT2D eigenvalue weighted by atomic mass is 16.5. The van der Waals surface area contributed by atoms with E-state index in [-0.39, 0.29) is 5.78 Å². The van der Waals surface area contributed by atoms with E-state index in [4.69, 9.17) is 4.74 Å². The van der Waals surface area contributed by atoms with E-state index in [0.29, 0.717) is 12.3 Å².